The molecule has 0 bridgehead atoms. The average molecular weight is 240 g/mol. The minimum Gasteiger partial charge on any atom is -0.372 e. The lowest BCUT2D eigenvalue weighted by atomic mass is 10.2. The lowest BCUT2D eigenvalue weighted by Gasteiger charge is -2.02. The van der Waals surface area contributed by atoms with Gasteiger partial charge in [0.15, 0.2) is 0 Å². The van der Waals surface area contributed by atoms with Crippen LogP contribution >= 0.6 is 22.6 Å². The molecule has 1 nitrogen and oxygen atoms in total. The molecule has 0 spiro atoms. The molecular formula is C7H13IO. The number of ether oxygens (including phenoxy) is 1. The quantitative estimate of drug-likeness (QED) is 0.417. The summed E-state index contributed by atoms with van der Waals surface area (Å²) < 4.78 is 5.94. The van der Waals surface area contributed by atoms with Gasteiger partial charge in [-0.2, -0.15) is 0 Å². The van der Waals surface area contributed by atoms with Crippen molar-refractivity contribution >= 4 is 22.6 Å². The second-order valence-corrected chi connectivity index (χ2v) is 4.13. The first-order valence-corrected chi connectivity index (χ1v) is 4.85. The van der Waals surface area contributed by atoms with E-state index in [0.29, 0.717) is 6.10 Å². The van der Waals surface area contributed by atoms with Crippen molar-refractivity contribution in [1.29, 1.82) is 0 Å². The van der Waals surface area contributed by atoms with Crippen LogP contribution in [0, 0.1) is 0 Å². The van der Waals surface area contributed by atoms with Gasteiger partial charge in [0.1, 0.15) is 0 Å². The van der Waals surface area contributed by atoms with E-state index in [9.17, 15) is 0 Å². The van der Waals surface area contributed by atoms with Crippen molar-refractivity contribution < 1.29 is 4.74 Å². The number of unbranched alkanes of at least 4 members (excludes halogenated alkanes) is 1. The molecule has 1 fully saturated rings. The summed E-state index contributed by atoms with van der Waals surface area (Å²) in [4.78, 5) is 0. The Bertz CT molecular complexity index is 81.0. The van der Waals surface area contributed by atoms with Gasteiger partial charge in [-0.1, -0.05) is 42.4 Å². The SMILES string of the molecule is CCCCC(I)C1CO1. The molecule has 0 saturated carbocycles. The topological polar surface area (TPSA) is 12.5 Å². The van der Waals surface area contributed by atoms with E-state index in [1.807, 2.05) is 0 Å². The fourth-order valence-electron chi connectivity index (χ4n) is 0.849. The fourth-order valence-corrected chi connectivity index (χ4v) is 1.71. The molecule has 9 heavy (non-hydrogen) atoms. The van der Waals surface area contributed by atoms with Crippen LogP contribution in [0.3, 0.4) is 0 Å². The summed E-state index contributed by atoms with van der Waals surface area (Å²) in [5.74, 6) is 0. The standard InChI is InChI=1S/C7H13IO/c1-2-3-4-6(8)7-5-9-7/h6-7H,2-5H2,1H3. The van der Waals surface area contributed by atoms with Crippen molar-refractivity contribution in [3.63, 3.8) is 0 Å². The third kappa shape index (κ3) is 2.85. The Morgan fingerprint density at radius 1 is 1.78 bits per heavy atom. The zero-order chi connectivity index (χ0) is 6.69. The molecule has 2 atom stereocenters. The summed E-state index contributed by atoms with van der Waals surface area (Å²) in [6, 6.07) is 0. The largest absolute Gasteiger partial charge is 0.372 e. The molecular weight excluding hydrogens is 227 g/mol. The Morgan fingerprint density at radius 3 is 2.89 bits per heavy atom. The molecule has 2 unspecified atom stereocenters. The summed E-state index contributed by atoms with van der Waals surface area (Å²) in [5, 5.41) is 0. The van der Waals surface area contributed by atoms with Gasteiger partial charge in [-0.05, 0) is 6.42 Å². The van der Waals surface area contributed by atoms with E-state index in [1.165, 1.54) is 19.3 Å². The highest BCUT2D eigenvalue weighted by molar-refractivity contribution is 14.1. The van der Waals surface area contributed by atoms with Crippen molar-refractivity contribution in [3.8, 4) is 0 Å². The molecule has 2 heteroatoms. The van der Waals surface area contributed by atoms with Gasteiger partial charge in [0, 0.05) is 3.92 Å². The third-order valence-corrected chi connectivity index (χ3v) is 3.02. The van der Waals surface area contributed by atoms with Crippen molar-refractivity contribution in [2.75, 3.05) is 6.61 Å². The maximum absolute atomic E-state index is 5.16. The van der Waals surface area contributed by atoms with E-state index >= 15 is 0 Å². The van der Waals surface area contributed by atoms with E-state index < -0.39 is 0 Å². The van der Waals surface area contributed by atoms with E-state index in [0.717, 1.165) is 10.5 Å². The van der Waals surface area contributed by atoms with Crippen LogP contribution in [0.2, 0.25) is 0 Å². The molecule has 0 aromatic rings. The minimum absolute atomic E-state index is 0.608. The second-order valence-electron chi connectivity index (χ2n) is 2.53. The first kappa shape index (κ1) is 7.79. The molecule has 1 saturated heterocycles. The van der Waals surface area contributed by atoms with Crippen molar-refractivity contribution in [3.05, 3.63) is 0 Å². The minimum atomic E-state index is 0.608. The molecule has 1 aliphatic heterocycles. The van der Waals surface area contributed by atoms with Gasteiger partial charge in [0.2, 0.25) is 0 Å². The fraction of sp³-hybridized carbons (Fsp3) is 1.00. The average Bonchev–Trinajstić information content (AvgIpc) is 2.63. The molecule has 0 aliphatic carbocycles. The predicted molar refractivity (Wildman–Crippen MR) is 47.1 cm³/mol. The lowest BCUT2D eigenvalue weighted by molar-refractivity contribution is 0.399. The van der Waals surface area contributed by atoms with Gasteiger partial charge in [0.25, 0.3) is 0 Å². The molecule has 1 rings (SSSR count). The van der Waals surface area contributed by atoms with E-state index in [1.54, 1.807) is 0 Å². The number of epoxide rings is 1. The Balaban J connectivity index is 1.96. The summed E-state index contributed by atoms with van der Waals surface area (Å²) in [6.45, 7) is 3.24. The van der Waals surface area contributed by atoms with Gasteiger partial charge in [0.05, 0.1) is 12.7 Å². The first-order chi connectivity index (χ1) is 4.34. The van der Waals surface area contributed by atoms with Crippen molar-refractivity contribution in [1.82, 2.24) is 0 Å². The maximum atomic E-state index is 5.16. The highest BCUT2D eigenvalue weighted by atomic mass is 127. The Labute approximate surface area is 70.3 Å². The molecule has 0 aromatic heterocycles. The highest BCUT2D eigenvalue weighted by Gasteiger charge is 2.29. The van der Waals surface area contributed by atoms with E-state index in [4.69, 9.17) is 4.74 Å². The normalized spacial score (nSPS) is 28.0. The number of rotatable bonds is 4. The number of hydrogen-bond donors (Lipinski definition) is 0. The van der Waals surface area contributed by atoms with Crippen LogP contribution in [-0.2, 0) is 4.74 Å². The van der Waals surface area contributed by atoms with Gasteiger partial charge in [-0.3, -0.25) is 0 Å². The van der Waals surface area contributed by atoms with Gasteiger partial charge >= 0.3 is 0 Å². The Kier molecular flexibility index (Phi) is 3.26. The smallest absolute Gasteiger partial charge is 0.0927 e. The van der Waals surface area contributed by atoms with Crippen molar-refractivity contribution in [2.24, 2.45) is 0 Å². The summed E-state index contributed by atoms with van der Waals surface area (Å²) in [7, 11) is 0. The van der Waals surface area contributed by atoms with Gasteiger partial charge in [-0.25, -0.2) is 0 Å². The highest BCUT2D eigenvalue weighted by Crippen LogP contribution is 2.25. The zero-order valence-corrected chi connectivity index (χ0v) is 7.93. The molecule has 1 heterocycles. The molecule has 0 radical (unpaired) electrons. The monoisotopic (exact) mass is 240 g/mol. The summed E-state index contributed by atoms with van der Waals surface area (Å²) in [6.07, 6.45) is 4.61. The Hall–Kier alpha value is 0.690. The molecule has 54 valence electrons. The summed E-state index contributed by atoms with van der Waals surface area (Å²) >= 11 is 2.49. The first-order valence-electron chi connectivity index (χ1n) is 3.60. The number of alkyl halides is 1. The van der Waals surface area contributed by atoms with Crippen LogP contribution in [0.25, 0.3) is 0 Å². The molecule has 0 amide bonds. The van der Waals surface area contributed by atoms with Gasteiger partial charge < -0.3 is 4.74 Å². The molecule has 0 N–H and O–H groups in total. The number of halogens is 1. The molecule has 1 aliphatic rings. The predicted octanol–water partition coefficient (Wildman–Crippen LogP) is 2.38. The second kappa shape index (κ2) is 3.76. The van der Waals surface area contributed by atoms with Crippen LogP contribution in [-0.4, -0.2) is 16.6 Å². The van der Waals surface area contributed by atoms with Gasteiger partial charge in [-0.15, -0.1) is 0 Å². The Morgan fingerprint density at radius 2 is 2.44 bits per heavy atom. The van der Waals surface area contributed by atoms with Crippen LogP contribution in [0.1, 0.15) is 26.2 Å². The van der Waals surface area contributed by atoms with Crippen LogP contribution in [0.4, 0.5) is 0 Å². The zero-order valence-electron chi connectivity index (χ0n) is 5.77. The lowest BCUT2D eigenvalue weighted by Crippen LogP contribution is -2.05. The van der Waals surface area contributed by atoms with Crippen LogP contribution < -0.4 is 0 Å². The van der Waals surface area contributed by atoms with E-state index in [2.05, 4.69) is 29.5 Å². The number of hydrogen-bond acceptors (Lipinski definition) is 1. The third-order valence-electron chi connectivity index (χ3n) is 1.60. The van der Waals surface area contributed by atoms with Crippen LogP contribution in [0.5, 0.6) is 0 Å². The summed E-state index contributed by atoms with van der Waals surface area (Å²) in [5.41, 5.74) is 0. The van der Waals surface area contributed by atoms with E-state index in [-0.39, 0.29) is 0 Å². The van der Waals surface area contributed by atoms with Crippen molar-refractivity contribution in [2.45, 2.75) is 36.2 Å². The van der Waals surface area contributed by atoms with Crippen LogP contribution in [0.15, 0.2) is 0 Å². The maximum Gasteiger partial charge on any atom is 0.0927 e. The molecule has 0 aromatic carbocycles.